The van der Waals surface area contributed by atoms with Crippen LogP contribution in [-0.2, 0) is 10.0 Å². The molecule has 17 heavy (non-hydrogen) atoms. The second kappa shape index (κ2) is 5.30. The summed E-state index contributed by atoms with van der Waals surface area (Å²) < 4.78 is 26.4. The van der Waals surface area contributed by atoms with Gasteiger partial charge in [-0.3, -0.25) is 0 Å². The van der Waals surface area contributed by atoms with Crippen LogP contribution in [0.4, 0.5) is 0 Å². The van der Waals surface area contributed by atoms with Gasteiger partial charge in [-0.05, 0) is 25.5 Å². The van der Waals surface area contributed by atoms with Crippen molar-refractivity contribution in [3.63, 3.8) is 0 Å². The number of nitrogens with one attached hydrogen (secondary N) is 1. The first kappa shape index (κ1) is 14.4. The molecule has 0 bridgehead atoms. The second-order valence-corrected chi connectivity index (χ2v) is 6.06. The van der Waals surface area contributed by atoms with Gasteiger partial charge in [0, 0.05) is 6.20 Å². The number of aromatic nitrogens is 1. The van der Waals surface area contributed by atoms with E-state index in [9.17, 15) is 13.5 Å². The first-order valence-electron chi connectivity index (χ1n) is 5.09. The zero-order valence-electron chi connectivity index (χ0n) is 9.64. The summed E-state index contributed by atoms with van der Waals surface area (Å²) in [5.41, 5.74) is -0.877. The molecular formula is C10H15ClN2O3S. The molecule has 0 aliphatic rings. The Morgan fingerprint density at radius 3 is 2.59 bits per heavy atom. The molecule has 0 fully saturated rings. The van der Waals surface area contributed by atoms with Crippen molar-refractivity contribution in [3.05, 3.63) is 23.5 Å². The molecule has 0 aliphatic carbocycles. The number of aliphatic hydroxyl groups excluding tert-OH is 1. The van der Waals surface area contributed by atoms with Crippen molar-refractivity contribution < 1.29 is 13.5 Å². The first-order valence-corrected chi connectivity index (χ1v) is 6.95. The number of aliphatic hydroxyl groups is 1. The number of halogens is 1. The molecule has 2 N–H and O–H groups in total. The highest BCUT2D eigenvalue weighted by Gasteiger charge is 2.28. The van der Waals surface area contributed by atoms with Crippen molar-refractivity contribution in [2.45, 2.75) is 30.7 Å². The van der Waals surface area contributed by atoms with Gasteiger partial charge in [0.25, 0.3) is 0 Å². The zero-order chi connectivity index (χ0) is 13.1. The van der Waals surface area contributed by atoms with Gasteiger partial charge in [0.05, 0.1) is 12.1 Å². The molecule has 0 aromatic carbocycles. The van der Waals surface area contributed by atoms with E-state index in [0.717, 1.165) is 0 Å². The Morgan fingerprint density at radius 2 is 2.18 bits per heavy atom. The van der Waals surface area contributed by atoms with Gasteiger partial charge in [0.1, 0.15) is 10.0 Å². The molecule has 1 aromatic rings. The molecule has 5 nitrogen and oxygen atoms in total. The van der Waals surface area contributed by atoms with E-state index in [-0.39, 0.29) is 16.7 Å². The van der Waals surface area contributed by atoms with Crippen LogP contribution >= 0.6 is 11.6 Å². The lowest BCUT2D eigenvalue weighted by molar-refractivity contribution is 0.191. The van der Waals surface area contributed by atoms with E-state index in [1.54, 1.807) is 13.8 Å². The fraction of sp³-hybridized carbons (Fsp3) is 0.500. The molecule has 0 aliphatic heterocycles. The molecule has 0 amide bonds. The predicted octanol–water partition coefficient (Wildman–Crippen LogP) is 1.17. The van der Waals surface area contributed by atoms with E-state index in [2.05, 4.69) is 9.71 Å². The molecule has 1 rings (SSSR count). The minimum absolute atomic E-state index is 0.0232. The highest BCUT2D eigenvalue weighted by molar-refractivity contribution is 7.89. The lowest BCUT2D eigenvalue weighted by atomic mass is 10.0. The monoisotopic (exact) mass is 278 g/mol. The summed E-state index contributed by atoms with van der Waals surface area (Å²) in [4.78, 5) is 3.73. The molecule has 0 saturated carbocycles. The normalized spacial score (nSPS) is 15.5. The average Bonchev–Trinajstić information content (AvgIpc) is 2.29. The Bertz CT molecular complexity index is 469. The summed E-state index contributed by atoms with van der Waals surface area (Å²) in [5.74, 6) is 0. The fourth-order valence-electron chi connectivity index (χ4n) is 1.12. The van der Waals surface area contributed by atoms with Crippen LogP contribution in [0.2, 0.25) is 5.15 Å². The minimum atomic E-state index is -3.69. The Hall–Kier alpha value is -0.690. The molecule has 0 radical (unpaired) electrons. The molecular weight excluding hydrogens is 264 g/mol. The van der Waals surface area contributed by atoms with Crippen LogP contribution in [-0.4, -0.2) is 30.7 Å². The van der Waals surface area contributed by atoms with Crippen LogP contribution < -0.4 is 4.72 Å². The molecule has 1 heterocycles. The molecule has 1 unspecified atom stereocenters. The topological polar surface area (TPSA) is 79.3 Å². The quantitative estimate of drug-likeness (QED) is 0.793. The van der Waals surface area contributed by atoms with E-state index in [1.165, 1.54) is 18.3 Å². The number of hydrogen-bond donors (Lipinski definition) is 2. The van der Waals surface area contributed by atoms with Gasteiger partial charge in [0.2, 0.25) is 10.0 Å². The van der Waals surface area contributed by atoms with Crippen molar-refractivity contribution in [2.75, 3.05) is 6.61 Å². The molecule has 0 spiro atoms. The maximum Gasteiger partial charge on any atom is 0.242 e. The van der Waals surface area contributed by atoms with Crippen LogP contribution in [0.5, 0.6) is 0 Å². The number of nitrogens with zero attached hydrogens (tertiary/aromatic N) is 1. The highest BCUT2D eigenvalue weighted by Crippen LogP contribution is 2.16. The highest BCUT2D eigenvalue weighted by atomic mass is 35.5. The summed E-state index contributed by atoms with van der Waals surface area (Å²) in [7, 11) is -3.69. The Labute approximate surface area is 106 Å². The zero-order valence-corrected chi connectivity index (χ0v) is 11.2. The lowest BCUT2D eigenvalue weighted by Crippen LogP contribution is -2.48. The lowest BCUT2D eigenvalue weighted by Gasteiger charge is -2.26. The van der Waals surface area contributed by atoms with Crippen LogP contribution in [0.15, 0.2) is 23.2 Å². The van der Waals surface area contributed by atoms with E-state index < -0.39 is 15.6 Å². The second-order valence-electron chi connectivity index (χ2n) is 3.99. The number of pyridine rings is 1. The van der Waals surface area contributed by atoms with Gasteiger partial charge >= 0.3 is 0 Å². The molecule has 1 aromatic heterocycles. The smallest absolute Gasteiger partial charge is 0.242 e. The van der Waals surface area contributed by atoms with Crippen LogP contribution in [0.1, 0.15) is 20.3 Å². The number of hydrogen-bond acceptors (Lipinski definition) is 4. The van der Waals surface area contributed by atoms with Crippen molar-refractivity contribution in [3.8, 4) is 0 Å². The maximum absolute atomic E-state index is 12.0. The minimum Gasteiger partial charge on any atom is -0.394 e. The third kappa shape index (κ3) is 3.64. The van der Waals surface area contributed by atoms with Crippen molar-refractivity contribution >= 4 is 21.6 Å². The Kier molecular flexibility index (Phi) is 4.48. The summed E-state index contributed by atoms with van der Waals surface area (Å²) in [5, 5.41) is 9.40. The number of sulfonamides is 1. The standard InChI is InChI=1S/C10H15ClN2O3S/c1-3-10(2,7-14)13-17(15,16)8-4-5-9(11)12-6-8/h4-6,13-14H,3,7H2,1-2H3. The van der Waals surface area contributed by atoms with Gasteiger partial charge in [0.15, 0.2) is 0 Å². The maximum atomic E-state index is 12.0. The Morgan fingerprint density at radius 1 is 1.53 bits per heavy atom. The predicted molar refractivity (Wildman–Crippen MR) is 65.4 cm³/mol. The largest absolute Gasteiger partial charge is 0.394 e. The first-order chi connectivity index (χ1) is 7.83. The number of rotatable bonds is 5. The van der Waals surface area contributed by atoms with Crippen molar-refractivity contribution in [1.82, 2.24) is 9.71 Å². The van der Waals surface area contributed by atoms with Gasteiger partial charge in [-0.25, -0.2) is 18.1 Å². The third-order valence-corrected chi connectivity index (χ3v) is 4.37. The summed E-state index contributed by atoms with van der Waals surface area (Å²) in [6.45, 7) is 3.15. The van der Waals surface area contributed by atoms with E-state index >= 15 is 0 Å². The van der Waals surface area contributed by atoms with Crippen LogP contribution in [0, 0.1) is 0 Å². The summed E-state index contributed by atoms with van der Waals surface area (Å²) in [6, 6.07) is 2.77. The van der Waals surface area contributed by atoms with Crippen LogP contribution in [0.25, 0.3) is 0 Å². The summed E-state index contributed by atoms with van der Waals surface area (Å²) in [6.07, 6.45) is 1.65. The molecule has 7 heteroatoms. The van der Waals surface area contributed by atoms with Gasteiger partial charge in [-0.1, -0.05) is 18.5 Å². The van der Waals surface area contributed by atoms with Gasteiger partial charge < -0.3 is 5.11 Å². The van der Waals surface area contributed by atoms with Gasteiger partial charge in [-0.2, -0.15) is 0 Å². The SMILES string of the molecule is CCC(C)(CO)NS(=O)(=O)c1ccc(Cl)nc1. The summed E-state index contributed by atoms with van der Waals surface area (Å²) >= 11 is 5.58. The van der Waals surface area contributed by atoms with E-state index in [1.807, 2.05) is 0 Å². The average molecular weight is 279 g/mol. The van der Waals surface area contributed by atoms with E-state index in [0.29, 0.717) is 6.42 Å². The molecule has 1 atom stereocenters. The van der Waals surface area contributed by atoms with Crippen molar-refractivity contribution in [1.29, 1.82) is 0 Å². The Balaban J connectivity index is 3.00. The van der Waals surface area contributed by atoms with Crippen molar-refractivity contribution in [2.24, 2.45) is 0 Å². The van der Waals surface area contributed by atoms with Gasteiger partial charge in [-0.15, -0.1) is 0 Å². The fourth-order valence-corrected chi connectivity index (χ4v) is 2.65. The molecule has 0 saturated heterocycles. The molecule has 96 valence electrons. The third-order valence-electron chi connectivity index (χ3n) is 2.52. The van der Waals surface area contributed by atoms with E-state index in [4.69, 9.17) is 11.6 Å². The van der Waals surface area contributed by atoms with Crippen LogP contribution in [0.3, 0.4) is 0 Å².